The van der Waals surface area contributed by atoms with Crippen molar-refractivity contribution in [2.45, 2.75) is 25.4 Å². The Kier molecular flexibility index (Phi) is 6.64. The molecule has 0 aliphatic carbocycles. The van der Waals surface area contributed by atoms with Crippen LogP contribution in [0.5, 0.6) is 0 Å². The summed E-state index contributed by atoms with van der Waals surface area (Å²) in [6.45, 7) is 2.99. The van der Waals surface area contributed by atoms with Gasteiger partial charge in [0.2, 0.25) is 5.91 Å². The number of anilines is 1. The van der Waals surface area contributed by atoms with E-state index in [1.165, 1.54) is 0 Å². The van der Waals surface area contributed by atoms with E-state index in [-0.39, 0.29) is 23.2 Å². The van der Waals surface area contributed by atoms with Crippen LogP contribution in [0.15, 0.2) is 84.9 Å². The molecule has 1 aliphatic heterocycles. The van der Waals surface area contributed by atoms with Crippen LogP contribution in [0.2, 0.25) is 0 Å². The van der Waals surface area contributed by atoms with E-state index >= 15 is 0 Å². The molecule has 2 unspecified atom stereocenters. The van der Waals surface area contributed by atoms with Crippen LogP contribution >= 0.6 is 0 Å². The second-order valence-electron chi connectivity index (χ2n) is 8.51. The topological polar surface area (TPSA) is 108 Å². The number of carbonyl (C=O) groups excluding carboxylic acids is 4. The van der Waals surface area contributed by atoms with Crippen LogP contribution in [0.25, 0.3) is 0 Å². The molecule has 1 fully saturated rings. The number of para-hydroxylation sites is 1. The van der Waals surface area contributed by atoms with Crippen molar-refractivity contribution in [1.29, 1.82) is 0 Å². The minimum atomic E-state index is -1.26. The van der Waals surface area contributed by atoms with E-state index in [9.17, 15) is 19.2 Å². The molecule has 3 aromatic rings. The first kappa shape index (κ1) is 23.7. The van der Waals surface area contributed by atoms with Crippen molar-refractivity contribution < 1.29 is 19.2 Å². The molecule has 178 valence electrons. The molecule has 1 aliphatic rings. The number of urea groups is 1. The van der Waals surface area contributed by atoms with Crippen molar-refractivity contribution in [3.05, 3.63) is 102 Å². The van der Waals surface area contributed by atoms with Gasteiger partial charge >= 0.3 is 6.03 Å². The van der Waals surface area contributed by atoms with E-state index in [1.54, 1.807) is 55.5 Å². The van der Waals surface area contributed by atoms with Crippen LogP contribution in [-0.2, 0) is 15.1 Å². The van der Waals surface area contributed by atoms with Gasteiger partial charge in [-0.15, -0.1) is 0 Å². The summed E-state index contributed by atoms with van der Waals surface area (Å²) < 4.78 is 0. The van der Waals surface area contributed by atoms with Crippen molar-refractivity contribution in [1.82, 2.24) is 15.5 Å². The van der Waals surface area contributed by atoms with Gasteiger partial charge in [-0.25, -0.2) is 4.79 Å². The first-order chi connectivity index (χ1) is 16.8. The fourth-order valence-electron chi connectivity index (χ4n) is 4.03. The monoisotopic (exact) mass is 470 g/mol. The van der Waals surface area contributed by atoms with E-state index in [2.05, 4.69) is 16.0 Å². The predicted molar refractivity (Wildman–Crippen MR) is 131 cm³/mol. The Morgan fingerprint density at radius 1 is 0.914 bits per heavy atom. The van der Waals surface area contributed by atoms with Crippen molar-refractivity contribution >= 4 is 29.4 Å². The molecule has 0 aromatic heterocycles. The molecule has 2 atom stereocenters. The Bertz CT molecular complexity index is 1260. The number of benzene rings is 3. The zero-order valence-corrected chi connectivity index (χ0v) is 19.4. The molecular formula is C27H26N4O4. The highest BCUT2D eigenvalue weighted by molar-refractivity contribution is 6.11. The number of rotatable bonds is 7. The van der Waals surface area contributed by atoms with Gasteiger partial charge in [0.05, 0.1) is 17.3 Å². The van der Waals surface area contributed by atoms with Gasteiger partial charge < -0.3 is 16.0 Å². The molecular weight excluding hydrogens is 444 g/mol. The van der Waals surface area contributed by atoms with Crippen LogP contribution < -0.4 is 16.0 Å². The molecule has 8 nitrogen and oxygen atoms in total. The maximum absolute atomic E-state index is 13.1. The summed E-state index contributed by atoms with van der Waals surface area (Å²) >= 11 is 0. The van der Waals surface area contributed by atoms with Gasteiger partial charge in [0, 0.05) is 0 Å². The summed E-state index contributed by atoms with van der Waals surface area (Å²) in [5.41, 5.74) is 0.866. The quantitative estimate of drug-likeness (QED) is 0.459. The van der Waals surface area contributed by atoms with E-state index in [1.807, 2.05) is 43.3 Å². The molecule has 3 N–H and O–H groups in total. The zero-order valence-electron chi connectivity index (χ0n) is 19.4. The lowest BCUT2D eigenvalue weighted by molar-refractivity contribution is -0.133. The lowest BCUT2D eigenvalue weighted by Gasteiger charge is -2.22. The van der Waals surface area contributed by atoms with Crippen LogP contribution in [0.1, 0.15) is 41.4 Å². The summed E-state index contributed by atoms with van der Waals surface area (Å²) in [4.78, 5) is 52.2. The summed E-state index contributed by atoms with van der Waals surface area (Å²) in [6.07, 6.45) is 0. The normalized spacial score (nSPS) is 18.1. The predicted octanol–water partition coefficient (Wildman–Crippen LogP) is 3.58. The number of imide groups is 1. The standard InChI is InChI=1S/C27H26N4O4/c1-18(19-11-5-3-6-12-19)28-24(33)21-15-9-10-16-22(21)29-23(32)17-31-25(34)27(2,30-26(31)35)20-13-7-4-8-14-20/h3-16,18H,17H2,1-2H3,(H,28,33)(H,29,32)(H,30,35). The van der Waals surface area contributed by atoms with Gasteiger partial charge in [-0.2, -0.15) is 0 Å². The van der Waals surface area contributed by atoms with Gasteiger partial charge in [-0.05, 0) is 37.1 Å². The van der Waals surface area contributed by atoms with Crippen LogP contribution in [0, 0.1) is 0 Å². The largest absolute Gasteiger partial charge is 0.345 e. The highest BCUT2D eigenvalue weighted by Crippen LogP contribution is 2.28. The molecule has 35 heavy (non-hydrogen) atoms. The third kappa shape index (κ3) is 4.91. The Morgan fingerprint density at radius 2 is 1.51 bits per heavy atom. The second-order valence-corrected chi connectivity index (χ2v) is 8.51. The molecule has 0 spiro atoms. The maximum atomic E-state index is 13.1. The Labute approximate surface area is 203 Å². The average molecular weight is 471 g/mol. The molecule has 4 rings (SSSR count). The van der Waals surface area contributed by atoms with Crippen molar-refractivity contribution in [2.24, 2.45) is 0 Å². The molecule has 0 saturated carbocycles. The smallest absolute Gasteiger partial charge is 0.325 e. The highest BCUT2D eigenvalue weighted by atomic mass is 16.2. The van der Waals surface area contributed by atoms with Gasteiger partial charge in [-0.1, -0.05) is 72.8 Å². The minimum absolute atomic E-state index is 0.242. The molecule has 1 heterocycles. The minimum Gasteiger partial charge on any atom is -0.345 e. The van der Waals surface area contributed by atoms with E-state index in [0.717, 1.165) is 10.5 Å². The molecule has 0 radical (unpaired) electrons. The first-order valence-electron chi connectivity index (χ1n) is 11.2. The van der Waals surface area contributed by atoms with Gasteiger partial charge in [-0.3, -0.25) is 19.3 Å². The highest BCUT2D eigenvalue weighted by Gasteiger charge is 2.49. The number of amides is 5. The van der Waals surface area contributed by atoms with Crippen LogP contribution in [-0.4, -0.2) is 35.2 Å². The van der Waals surface area contributed by atoms with Crippen LogP contribution in [0.3, 0.4) is 0 Å². The summed E-state index contributed by atoms with van der Waals surface area (Å²) in [5, 5.41) is 8.27. The fourth-order valence-corrected chi connectivity index (χ4v) is 4.03. The second kappa shape index (κ2) is 9.80. The number of hydrogen-bond acceptors (Lipinski definition) is 4. The van der Waals surface area contributed by atoms with E-state index in [4.69, 9.17) is 0 Å². The SMILES string of the molecule is CC(NC(=O)c1ccccc1NC(=O)CN1C(=O)NC(C)(c2ccccc2)C1=O)c1ccccc1. The van der Waals surface area contributed by atoms with Crippen molar-refractivity contribution in [2.75, 3.05) is 11.9 Å². The number of carbonyl (C=O) groups is 4. The third-order valence-electron chi connectivity index (χ3n) is 6.02. The van der Waals surface area contributed by atoms with Crippen molar-refractivity contribution in [3.8, 4) is 0 Å². The van der Waals surface area contributed by atoms with Gasteiger partial charge in [0.15, 0.2) is 0 Å². The summed E-state index contributed by atoms with van der Waals surface area (Å²) in [6, 6.07) is 24.1. The maximum Gasteiger partial charge on any atom is 0.325 e. The van der Waals surface area contributed by atoms with Crippen molar-refractivity contribution in [3.63, 3.8) is 0 Å². The summed E-state index contributed by atoms with van der Waals surface area (Å²) in [7, 11) is 0. The Hall–Kier alpha value is -4.46. The number of nitrogens with zero attached hydrogens (tertiary/aromatic N) is 1. The average Bonchev–Trinajstić information content (AvgIpc) is 3.09. The molecule has 3 aromatic carbocycles. The molecule has 1 saturated heterocycles. The van der Waals surface area contributed by atoms with E-state index in [0.29, 0.717) is 5.56 Å². The van der Waals surface area contributed by atoms with E-state index < -0.39 is 29.9 Å². The number of nitrogens with one attached hydrogen (secondary N) is 3. The molecule has 5 amide bonds. The fraction of sp³-hybridized carbons (Fsp3) is 0.185. The van der Waals surface area contributed by atoms with Gasteiger partial charge in [0.25, 0.3) is 11.8 Å². The lowest BCUT2D eigenvalue weighted by atomic mass is 9.92. The summed E-state index contributed by atoms with van der Waals surface area (Å²) in [5.74, 6) is -1.47. The Balaban J connectivity index is 1.45. The lowest BCUT2D eigenvalue weighted by Crippen LogP contribution is -2.42. The third-order valence-corrected chi connectivity index (χ3v) is 6.02. The molecule has 8 heteroatoms. The Morgan fingerprint density at radius 3 is 2.20 bits per heavy atom. The zero-order chi connectivity index (χ0) is 25.0. The van der Waals surface area contributed by atoms with Gasteiger partial charge in [0.1, 0.15) is 12.1 Å². The van der Waals surface area contributed by atoms with Crippen LogP contribution in [0.4, 0.5) is 10.5 Å². The molecule has 0 bridgehead atoms. The number of hydrogen-bond donors (Lipinski definition) is 3. The first-order valence-corrected chi connectivity index (χ1v) is 11.2.